The molecule has 1 aromatic carbocycles. The molecule has 0 atom stereocenters. The summed E-state index contributed by atoms with van der Waals surface area (Å²) in [6.07, 6.45) is 1.40. The van der Waals surface area contributed by atoms with E-state index in [1.54, 1.807) is 12.1 Å². The van der Waals surface area contributed by atoms with Gasteiger partial charge in [-0.05, 0) is 40.9 Å². The van der Waals surface area contributed by atoms with Crippen molar-refractivity contribution in [3.8, 4) is 5.75 Å². The molecular weight excluding hydrogens is 344 g/mol. The van der Waals surface area contributed by atoms with Crippen LogP contribution in [0.4, 0.5) is 0 Å². The van der Waals surface area contributed by atoms with Gasteiger partial charge in [0.05, 0.1) is 12.0 Å². The van der Waals surface area contributed by atoms with Crippen LogP contribution in [0.1, 0.15) is 26.7 Å². The Balaban J connectivity index is 3.00. The van der Waals surface area contributed by atoms with Crippen molar-refractivity contribution in [3.05, 3.63) is 22.7 Å². The van der Waals surface area contributed by atoms with E-state index in [-0.39, 0.29) is 11.4 Å². The van der Waals surface area contributed by atoms with E-state index in [1.165, 1.54) is 13.2 Å². The lowest BCUT2D eigenvalue weighted by molar-refractivity contribution is 0.391. The zero-order chi connectivity index (χ0) is 15.4. The maximum atomic E-state index is 12.3. The first kappa shape index (κ1) is 17.4. The average molecular weight is 365 g/mol. The lowest BCUT2D eigenvalue weighted by Crippen LogP contribution is -2.49. The average Bonchev–Trinajstić information content (AvgIpc) is 2.45. The van der Waals surface area contributed by atoms with Gasteiger partial charge in [0, 0.05) is 22.6 Å². The molecule has 0 aliphatic heterocycles. The van der Waals surface area contributed by atoms with Gasteiger partial charge in [0.15, 0.2) is 0 Å². The van der Waals surface area contributed by atoms with Gasteiger partial charge in [-0.1, -0.05) is 13.8 Å². The molecule has 0 saturated heterocycles. The van der Waals surface area contributed by atoms with Crippen molar-refractivity contribution in [1.82, 2.24) is 4.72 Å². The van der Waals surface area contributed by atoms with Crippen molar-refractivity contribution in [2.75, 3.05) is 13.7 Å². The first-order valence-corrected chi connectivity index (χ1v) is 8.67. The van der Waals surface area contributed by atoms with E-state index < -0.39 is 15.6 Å². The Bertz CT molecular complexity index is 557. The van der Waals surface area contributed by atoms with E-state index in [1.807, 2.05) is 13.8 Å². The molecule has 3 N–H and O–H groups in total. The summed E-state index contributed by atoms with van der Waals surface area (Å²) >= 11 is 3.24. The van der Waals surface area contributed by atoms with Crippen LogP contribution in [-0.4, -0.2) is 27.6 Å². The Labute approximate surface area is 129 Å². The van der Waals surface area contributed by atoms with Crippen molar-refractivity contribution in [2.24, 2.45) is 5.73 Å². The van der Waals surface area contributed by atoms with Crippen molar-refractivity contribution >= 4 is 26.0 Å². The summed E-state index contributed by atoms with van der Waals surface area (Å²) < 4.78 is 32.8. The summed E-state index contributed by atoms with van der Waals surface area (Å²) in [7, 11) is -2.14. The fourth-order valence-electron chi connectivity index (χ4n) is 1.63. The first-order valence-electron chi connectivity index (χ1n) is 6.40. The second kappa shape index (κ2) is 6.89. The lowest BCUT2D eigenvalue weighted by Gasteiger charge is -2.26. The van der Waals surface area contributed by atoms with E-state index in [4.69, 9.17) is 10.5 Å². The monoisotopic (exact) mass is 364 g/mol. The molecule has 114 valence electrons. The maximum Gasteiger partial charge on any atom is 0.241 e. The van der Waals surface area contributed by atoms with Crippen molar-refractivity contribution in [3.63, 3.8) is 0 Å². The molecule has 0 radical (unpaired) electrons. The van der Waals surface area contributed by atoms with Crippen LogP contribution in [0, 0.1) is 0 Å². The topological polar surface area (TPSA) is 81.4 Å². The highest BCUT2D eigenvalue weighted by Gasteiger charge is 2.25. The largest absolute Gasteiger partial charge is 0.497 e. The van der Waals surface area contributed by atoms with Crippen LogP contribution in [0.5, 0.6) is 5.75 Å². The molecule has 0 saturated carbocycles. The molecular formula is C13H21BrN2O3S. The lowest BCUT2D eigenvalue weighted by atomic mass is 9.95. The Morgan fingerprint density at radius 3 is 2.45 bits per heavy atom. The van der Waals surface area contributed by atoms with Crippen LogP contribution >= 0.6 is 15.9 Å². The quantitative estimate of drug-likeness (QED) is 0.777. The Morgan fingerprint density at radius 1 is 1.35 bits per heavy atom. The second-order valence-corrected chi connectivity index (χ2v) is 7.28. The molecule has 0 amide bonds. The van der Waals surface area contributed by atoms with Crippen molar-refractivity contribution in [1.29, 1.82) is 0 Å². The molecule has 0 bridgehead atoms. The SMILES string of the molecule is CCC(N)(CC)CNS(=O)(=O)c1cc(OC)ccc1Br. The van der Waals surface area contributed by atoms with Crippen LogP contribution in [0.25, 0.3) is 0 Å². The van der Waals surface area contributed by atoms with Gasteiger partial charge < -0.3 is 10.5 Å². The molecule has 0 fully saturated rings. The van der Waals surface area contributed by atoms with Gasteiger partial charge in [-0.15, -0.1) is 0 Å². The van der Waals surface area contributed by atoms with Crippen molar-refractivity contribution in [2.45, 2.75) is 37.1 Å². The van der Waals surface area contributed by atoms with E-state index in [0.717, 1.165) is 0 Å². The highest BCUT2D eigenvalue weighted by atomic mass is 79.9. The fraction of sp³-hybridized carbons (Fsp3) is 0.538. The molecule has 1 rings (SSSR count). The second-order valence-electron chi connectivity index (χ2n) is 4.69. The molecule has 0 unspecified atom stereocenters. The van der Waals surface area contributed by atoms with Crippen LogP contribution < -0.4 is 15.2 Å². The predicted molar refractivity (Wildman–Crippen MR) is 83.4 cm³/mol. The minimum atomic E-state index is -3.63. The van der Waals surface area contributed by atoms with E-state index in [0.29, 0.717) is 23.1 Å². The molecule has 1 aromatic rings. The zero-order valence-corrected chi connectivity index (χ0v) is 14.3. The number of hydrogen-bond donors (Lipinski definition) is 2. The van der Waals surface area contributed by atoms with E-state index in [2.05, 4.69) is 20.7 Å². The summed E-state index contributed by atoms with van der Waals surface area (Å²) in [6.45, 7) is 4.09. The fourth-order valence-corrected chi connectivity index (χ4v) is 3.75. The van der Waals surface area contributed by atoms with Gasteiger partial charge in [-0.3, -0.25) is 0 Å². The van der Waals surface area contributed by atoms with Gasteiger partial charge in [0.2, 0.25) is 10.0 Å². The molecule has 0 aliphatic rings. The van der Waals surface area contributed by atoms with Crippen LogP contribution in [-0.2, 0) is 10.0 Å². The number of nitrogens with two attached hydrogens (primary N) is 1. The first-order chi connectivity index (χ1) is 9.28. The number of hydrogen-bond acceptors (Lipinski definition) is 4. The van der Waals surface area contributed by atoms with Crippen LogP contribution in [0.2, 0.25) is 0 Å². The minimum Gasteiger partial charge on any atom is -0.497 e. The maximum absolute atomic E-state index is 12.3. The molecule has 5 nitrogen and oxygen atoms in total. The Morgan fingerprint density at radius 2 is 1.95 bits per heavy atom. The number of benzene rings is 1. The summed E-state index contributed by atoms with van der Waals surface area (Å²) in [5.74, 6) is 0.485. The third kappa shape index (κ3) is 4.18. The Kier molecular flexibility index (Phi) is 6.00. The number of sulfonamides is 1. The summed E-state index contributed by atoms with van der Waals surface area (Å²) in [6, 6.07) is 4.81. The summed E-state index contributed by atoms with van der Waals surface area (Å²) in [4.78, 5) is 0.145. The minimum absolute atomic E-state index is 0.145. The zero-order valence-electron chi connectivity index (χ0n) is 11.9. The number of halogens is 1. The van der Waals surface area contributed by atoms with E-state index >= 15 is 0 Å². The van der Waals surface area contributed by atoms with Crippen LogP contribution in [0.3, 0.4) is 0 Å². The third-order valence-electron chi connectivity index (χ3n) is 3.45. The summed E-state index contributed by atoms with van der Waals surface area (Å²) in [5.41, 5.74) is 5.58. The standard InChI is InChI=1S/C13H21BrN2O3S/c1-4-13(15,5-2)9-16-20(17,18)12-8-10(19-3)6-7-11(12)14/h6-8,16H,4-5,9,15H2,1-3H3. The number of rotatable bonds is 7. The van der Waals surface area contributed by atoms with Gasteiger partial charge in [0.1, 0.15) is 5.75 Å². The Hall–Kier alpha value is -0.630. The van der Waals surface area contributed by atoms with Gasteiger partial charge >= 0.3 is 0 Å². The highest BCUT2D eigenvalue weighted by Crippen LogP contribution is 2.26. The molecule has 7 heteroatoms. The van der Waals surface area contributed by atoms with Gasteiger partial charge in [0.25, 0.3) is 0 Å². The van der Waals surface area contributed by atoms with Gasteiger partial charge in [-0.25, -0.2) is 13.1 Å². The number of methoxy groups -OCH3 is 1. The summed E-state index contributed by atoms with van der Waals surface area (Å²) in [5, 5.41) is 0. The van der Waals surface area contributed by atoms with Crippen LogP contribution in [0.15, 0.2) is 27.6 Å². The smallest absolute Gasteiger partial charge is 0.241 e. The number of ether oxygens (including phenoxy) is 1. The molecule has 20 heavy (non-hydrogen) atoms. The predicted octanol–water partition coefficient (Wildman–Crippen LogP) is 2.25. The normalized spacial score (nSPS) is 12.4. The number of nitrogens with one attached hydrogen (secondary N) is 1. The van der Waals surface area contributed by atoms with Gasteiger partial charge in [-0.2, -0.15) is 0 Å². The molecule has 0 spiro atoms. The van der Waals surface area contributed by atoms with Crippen molar-refractivity contribution < 1.29 is 13.2 Å². The molecule has 0 aromatic heterocycles. The van der Waals surface area contributed by atoms with E-state index in [9.17, 15) is 8.42 Å². The molecule has 0 aliphatic carbocycles. The highest BCUT2D eigenvalue weighted by molar-refractivity contribution is 9.10. The third-order valence-corrected chi connectivity index (χ3v) is 5.85. The molecule has 0 heterocycles.